The third kappa shape index (κ3) is 14.2. The van der Waals surface area contributed by atoms with Gasteiger partial charge >= 0.3 is 0 Å². The van der Waals surface area contributed by atoms with E-state index >= 15 is 0 Å². The van der Waals surface area contributed by atoms with E-state index < -0.39 is 10.1 Å². The van der Waals surface area contributed by atoms with E-state index in [0.29, 0.717) is 0 Å². The molecule has 1 rings (SSSR count). The molecular formula is C19H36N2O4S. The second-order valence-corrected chi connectivity index (χ2v) is 9.04. The second-order valence-electron chi connectivity index (χ2n) is 7.66. The highest BCUT2D eigenvalue weighted by Gasteiger charge is 2.14. The van der Waals surface area contributed by atoms with Crippen molar-refractivity contribution in [2.45, 2.75) is 50.5 Å². The molecule has 0 radical (unpaired) electrons. The minimum absolute atomic E-state index is 0.178. The van der Waals surface area contributed by atoms with E-state index in [9.17, 15) is 18.1 Å². The van der Waals surface area contributed by atoms with Crippen molar-refractivity contribution >= 4 is 10.1 Å². The van der Waals surface area contributed by atoms with Crippen LogP contribution in [0.3, 0.4) is 0 Å². The van der Waals surface area contributed by atoms with Gasteiger partial charge in [-0.25, -0.2) is 8.42 Å². The maximum absolute atomic E-state index is 10.4. The Bertz CT molecular complexity index is 581. The summed E-state index contributed by atoms with van der Waals surface area (Å²) in [5.74, 6) is 0. The number of aliphatic hydroxyl groups excluding tert-OH is 1. The molecular weight excluding hydrogens is 352 g/mol. The molecule has 0 heterocycles. The van der Waals surface area contributed by atoms with Gasteiger partial charge in [0, 0.05) is 6.54 Å². The smallest absolute Gasteiger partial charge is 0.124 e. The standard InChI is InChI=1S/C12H29N2O.C7H8O3S/c1-5-6-7-8-9-13-10-12(15)11-14(2,3)4;1-6-2-4-7(5-3-6)11(8,9)10/h12-13,15H,5-11H2,1-4H3;2-5H,1H3,(H,8,9,10)/q+1;/p-1. The quantitative estimate of drug-likeness (QED) is 0.364. The van der Waals surface area contributed by atoms with Gasteiger partial charge in [-0.15, -0.1) is 0 Å². The zero-order valence-corrected chi connectivity index (χ0v) is 17.7. The first kappa shape index (κ1) is 25.0. The zero-order chi connectivity index (χ0) is 20.2. The Kier molecular flexibility index (Phi) is 11.9. The number of nitrogens with one attached hydrogen (secondary N) is 1. The summed E-state index contributed by atoms with van der Waals surface area (Å²) < 4.78 is 32.0. The van der Waals surface area contributed by atoms with E-state index in [2.05, 4.69) is 33.4 Å². The summed E-state index contributed by atoms with van der Waals surface area (Å²) in [6.07, 6.45) is 4.91. The molecule has 0 aromatic heterocycles. The molecule has 6 nitrogen and oxygen atoms in total. The number of hydrogen-bond acceptors (Lipinski definition) is 5. The van der Waals surface area contributed by atoms with E-state index in [1.165, 1.54) is 37.8 Å². The molecule has 0 amide bonds. The zero-order valence-electron chi connectivity index (χ0n) is 16.9. The molecule has 1 unspecified atom stereocenters. The Hall–Kier alpha value is -0.990. The van der Waals surface area contributed by atoms with Crippen LogP contribution < -0.4 is 5.32 Å². The van der Waals surface area contributed by atoms with Crippen LogP contribution in [0.25, 0.3) is 0 Å². The maximum Gasteiger partial charge on any atom is 0.124 e. The molecule has 2 N–H and O–H groups in total. The molecule has 0 aliphatic heterocycles. The minimum Gasteiger partial charge on any atom is -0.744 e. The molecule has 0 saturated heterocycles. The molecule has 152 valence electrons. The molecule has 0 bridgehead atoms. The summed E-state index contributed by atoms with van der Waals surface area (Å²) in [6.45, 7) is 6.61. The molecule has 0 aliphatic rings. The van der Waals surface area contributed by atoms with Crippen LogP contribution in [0.1, 0.15) is 38.2 Å². The third-order valence-corrected chi connectivity index (χ3v) is 4.50. The van der Waals surface area contributed by atoms with Crippen molar-refractivity contribution in [1.82, 2.24) is 5.32 Å². The van der Waals surface area contributed by atoms with Crippen LogP contribution in [-0.4, -0.2) is 69.4 Å². The highest BCUT2D eigenvalue weighted by molar-refractivity contribution is 7.85. The number of unbranched alkanes of at least 4 members (excludes halogenated alkanes) is 3. The van der Waals surface area contributed by atoms with E-state index in [1.54, 1.807) is 12.1 Å². The molecule has 7 heteroatoms. The topological polar surface area (TPSA) is 89.5 Å². The van der Waals surface area contributed by atoms with Gasteiger partial charge in [0.15, 0.2) is 0 Å². The Labute approximate surface area is 159 Å². The van der Waals surface area contributed by atoms with Crippen molar-refractivity contribution in [3.8, 4) is 0 Å². The van der Waals surface area contributed by atoms with E-state index in [4.69, 9.17) is 0 Å². The van der Waals surface area contributed by atoms with Crippen molar-refractivity contribution in [3.05, 3.63) is 29.8 Å². The average molecular weight is 389 g/mol. The summed E-state index contributed by atoms with van der Waals surface area (Å²) in [6, 6.07) is 5.78. The SMILES string of the molecule is CCCCCCNCC(O)C[N+](C)(C)C.Cc1ccc(S(=O)(=O)[O-])cc1. The fourth-order valence-electron chi connectivity index (χ4n) is 2.35. The van der Waals surface area contributed by atoms with Crippen LogP contribution in [0.5, 0.6) is 0 Å². The van der Waals surface area contributed by atoms with Crippen molar-refractivity contribution in [2.75, 3.05) is 40.8 Å². The number of nitrogens with zero attached hydrogens (tertiary/aromatic N) is 1. The third-order valence-electron chi connectivity index (χ3n) is 3.66. The summed E-state index contributed by atoms with van der Waals surface area (Å²) in [7, 11) is 2.04. The second kappa shape index (κ2) is 12.4. The monoisotopic (exact) mass is 388 g/mol. The first-order valence-corrected chi connectivity index (χ1v) is 10.6. The summed E-state index contributed by atoms with van der Waals surface area (Å²) >= 11 is 0. The normalized spacial score (nSPS) is 13.0. The lowest BCUT2D eigenvalue weighted by atomic mass is 10.2. The number of benzene rings is 1. The van der Waals surface area contributed by atoms with Crippen LogP contribution in [-0.2, 0) is 10.1 Å². The Morgan fingerprint density at radius 3 is 2.15 bits per heavy atom. The van der Waals surface area contributed by atoms with E-state index in [1.807, 2.05) is 6.92 Å². The number of likely N-dealkylation sites (N-methyl/N-ethyl adjacent to an activating group) is 1. The van der Waals surface area contributed by atoms with Crippen molar-refractivity contribution in [3.63, 3.8) is 0 Å². The maximum atomic E-state index is 10.4. The lowest BCUT2D eigenvalue weighted by Gasteiger charge is -2.26. The molecule has 0 saturated carbocycles. The largest absolute Gasteiger partial charge is 0.744 e. The number of rotatable bonds is 10. The van der Waals surface area contributed by atoms with Gasteiger partial charge in [-0.05, 0) is 32.0 Å². The summed E-state index contributed by atoms with van der Waals surface area (Å²) in [4.78, 5) is -0.178. The molecule has 1 aromatic rings. The van der Waals surface area contributed by atoms with Gasteiger partial charge in [-0.2, -0.15) is 0 Å². The average Bonchev–Trinajstić information content (AvgIpc) is 2.49. The first-order chi connectivity index (χ1) is 12.0. The van der Waals surface area contributed by atoms with Gasteiger partial charge in [0.25, 0.3) is 0 Å². The molecule has 0 spiro atoms. The van der Waals surface area contributed by atoms with E-state index in [-0.39, 0.29) is 11.0 Å². The number of aryl methyl sites for hydroxylation is 1. The molecule has 0 fully saturated rings. The fraction of sp³-hybridized carbons (Fsp3) is 0.684. The molecule has 1 atom stereocenters. The Morgan fingerprint density at radius 1 is 1.12 bits per heavy atom. The van der Waals surface area contributed by atoms with Crippen LogP contribution in [0.2, 0.25) is 0 Å². The van der Waals surface area contributed by atoms with Crippen molar-refractivity contribution in [1.29, 1.82) is 0 Å². The molecule has 26 heavy (non-hydrogen) atoms. The lowest BCUT2D eigenvalue weighted by Crippen LogP contribution is -2.45. The number of aliphatic hydroxyl groups is 1. The van der Waals surface area contributed by atoms with E-state index in [0.717, 1.165) is 29.7 Å². The van der Waals surface area contributed by atoms with Gasteiger partial charge in [-0.1, -0.05) is 43.9 Å². The Balaban J connectivity index is 0.000000502. The van der Waals surface area contributed by atoms with Crippen LogP contribution in [0, 0.1) is 6.92 Å². The van der Waals surface area contributed by atoms with Crippen molar-refractivity contribution in [2.24, 2.45) is 0 Å². The van der Waals surface area contributed by atoms with Crippen LogP contribution >= 0.6 is 0 Å². The van der Waals surface area contributed by atoms with Gasteiger partial charge in [0.05, 0.1) is 26.0 Å². The molecule has 0 aliphatic carbocycles. The van der Waals surface area contributed by atoms with Gasteiger partial charge in [0.2, 0.25) is 0 Å². The summed E-state index contributed by atoms with van der Waals surface area (Å²) in [5.41, 5.74) is 0.928. The fourth-order valence-corrected chi connectivity index (χ4v) is 2.82. The summed E-state index contributed by atoms with van der Waals surface area (Å²) in [5, 5.41) is 13.0. The number of hydrogen-bond donors (Lipinski definition) is 2. The minimum atomic E-state index is -4.27. The first-order valence-electron chi connectivity index (χ1n) is 9.17. The van der Waals surface area contributed by atoms with Crippen LogP contribution in [0.4, 0.5) is 0 Å². The highest BCUT2D eigenvalue weighted by Crippen LogP contribution is 2.08. The predicted molar refractivity (Wildman–Crippen MR) is 105 cm³/mol. The van der Waals surface area contributed by atoms with Gasteiger partial charge in [0.1, 0.15) is 22.8 Å². The van der Waals surface area contributed by atoms with Crippen molar-refractivity contribution < 1.29 is 22.6 Å². The predicted octanol–water partition coefficient (Wildman–Crippen LogP) is 2.12. The Morgan fingerprint density at radius 2 is 1.69 bits per heavy atom. The van der Waals surface area contributed by atoms with Gasteiger partial charge < -0.3 is 19.5 Å². The number of quaternary nitrogens is 1. The molecule has 1 aromatic carbocycles. The van der Waals surface area contributed by atoms with Gasteiger partial charge in [-0.3, -0.25) is 0 Å². The lowest BCUT2D eigenvalue weighted by molar-refractivity contribution is -0.873. The van der Waals surface area contributed by atoms with Crippen LogP contribution in [0.15, 0.2) is 29.2 Å². The highest BCUT2D eigenvalue weighted by atomic mass is 32.2.